The SMILES string of the molecule is CCNc1cccc(C(=O)N(C)Cc2ccc(Br)cc2)n1. The smallest absolute Gasteiger partial charge is 0.272 e. The fourth-order valence-corrected chi connectivity index (χ4v) is 2.23. The summed E-state index contributed by atoms with van der Waals surface area (Å²) < 4.78 is 1.03. The predicted molar refractivity (Wildman–Crippen MR) is 88.3 cm³/mol. The summed E-state index contributed by atoms with van der Waals surface area (Å²) in [6.45, 7) is 3.33. The number of aromatic nitrogens is 1. The quantitative estimate of drug-likeness (QED) is 0.899. The van der Waals surface area contributed by atoms with Gasteiger partial charge in [0.1, 0.15) is 11.5 Å². The minimum absolute atomic E-state index is 0.0855. The molecule has 0 aliphatic heterocycles. The van der Waals surface area contributed by atoms with Crippen LogP contribution in [0, 0.1) is 0 Å². The van der Waals surface area contributed by atoms with Crippen molar-refractivity contribution in [3.05, 3.63) is 58.2 Å². The maximum atomic E-state index is 12.4. The Morgan fingerprint density at radius 3 is 2.62 bits per heavy atom. The Balaban J connectivity index is 2.08. The van der Waals surface area contributed by atoms with E-state index < -0.39 is 0 Å². The third-order valence-corrected chi connectivity index (χ3v) is 3.53. The minimum Gasteiger partial charge on any atom is -0.370 e. The molecule has 0 unspecified atom stereocenters. The standard InChI is InChI=1S/C16H18BrN3O/c1-3-18-15-6-4-5-14(19-15)16(21)20(2)11-12-7-9-13(17)10-8-12/h4-10H,3,11H2,1-2H3,(H,18,19). The molecule has 5 heteroatoms. The van der Waals surface area contributed by atoms with Crippen LogP contribution in [0.25, 0.3) is 0 Å². The predicted octanol–water partition coefficient (Wildman–Crippen LogP) is 3.55. The Hall–Kier alpha value is -1.88. The number of nitrogens with zero attached hydrogens (tertiary/aromatic N) is 2. The summed E-state index contributed by atoms with van der Waals surface area (Å²) in [6.07, 6.45) is 0. The summed E-state index contributed by atoms with van der Waals surface area (Å²) in [5.41, 5.74) is 1.53. The van der Waals surface area contributed by atoms with Gasteiger partial charge in [0.05, 0.1) is 0 Å². The van der Waals surface area contributed by atoms with Crippen molar-refractivity contribution in [1.29, 1.82) is 0 Å². The summed E-state index contributed by atoms with van der Waals surface area (Å²) in [5, 5.41) is 3.11. The van der Waals surface area contributed by atoms with Gasteiger partial charge in [-0.25, -0.2) is 4.98 Å². The number of hydrogen-bond donors (Lipinski definition) is 1. The van der Waals surface area contributed by atoms with E-state index in [1.54, 1.807) is 18.0 Å². The number of benzene rings is 1. The Kier molecular flexibility index (Phi) is 5.33. The average Bonchev–Trinajstić information content (AvgIpc) is 2.49. The normalized spacial score (nSPS) is 10.2. The lowest BCUT2D eigenvalue weighted by Crippen LogP contribution is -2.27. The van der Waals surface area contributed by atoms with E-state index in [4.69, 9.17) is 0 Å². The van der Waals surface area contributed by atoms with Gasteiger partial charge in [0, 0.05) is 24.6 Å². The third kappa shape index (κ3) is 4.29. The summed E-state index contributed by atoms with van der Waals surface area (Å²) in [7, 11) is 1.78. The molecule has 110 valence electrons. The van der Waals surface area contributed by atoms with Crippen molar-refractivity contribution in [3.8, 4) is 0 Å². The molecule has 0 atom stereocenters. The molecular weight excluding hydrogens is 330 g/mol. The Morgan fingerprint density at radius 1 is 1.24 bits per heavy atom. The van der Waals surface area contributed by atoms with Crippen LogP contribution in [0.2, 0.25) is 0 Å². The van der Waals surface area contributed by atoms with Crippen LogP contribution in [-0.4, -0.2) is 29.4 Å². The molecule has 0 saturated heterocycles. The second-order valence-corrected chi connectivity index (χ2v) is 5.64. The monoisotopic (exact) mass is 347 g/mol. The number of rotatable bonds is 5. The molecule has 0 radical (unpaired) electrons. The summed E-state index contributed by atoms with van der Waals surface area (Å²) in [5.74, 6) is 0.637. The first-order chi connectivity index (χ1) is 10.1. The number of halogens is 1. The molecule has 1 aromatic heterocycles. The average molecular weight is 348 g/mol. The van der Waals surface area contributed by atoms with Crippen LogP contribution >= 0.6 is 15.9 Å². The first kappa shape index (κ1) is 15.5. The topological polar surface area (TPSA) is 45.2 Å². The molecule has 0 spiro atoms. The van der Waals surface area contributed by atoms with Crippen molar-refractivity contribution in [2.75, 3.05) is 18.9 Å². The lowest BCUT2D eigenvalue weighted by atomic mass is 10.2. The molecule has 1 N–H and O–H groups in total. The number of pyridine rings is 1. The van der Waals surface area contributed by atoms with Gasteiger partial charge in [-0.1, -0.05) is 34.1 Å². The van der Waals surface area contributed by atoms with Gasteiger partial charge in [-0.15, -0.1) is 0 Å². The van der Waals surface area contributed by atoms with Crippen molar-refractivity contribution in [2.45, 2.75) is 13.5 Å². The summed E-state index contributed by atoms with van der Waals surface area (Å²) >= 11 is 3.40. The van der Waals surface area contributed by atoms with E-state index in [0.717, 1.165) is 22.4 Å². The van der Waals surface area contributed by atoms with E-state index in [1.165, 1.54) is 0 Å². The molecule has 0 bridgehead atoms. The summed E-state index contributed by atoms with van der Waals surface area (Å²) in [4.78, 5) is 18.4. The molecule has 4 nitrogen and oxygen atoms in total. The van der Waals surface area contributed by atoms with Crippen LogP contribution in [0.1, 0.15) is 23.0 Å². The number of carbonyl (C=O) groups excluding carboxylic acids is 1. The zero-order chi connectivity index (χ0) is 15.2. The van der Waals surface area contributed by atoms with Crippen molar-refractivity contribution in [3.63, 3.8) is 0 Å². The van der Waals surface area contributed by atoms with Crippen molar-refractivity contribution in [2.24, 2.45) is 0 Å². The van der Waals surface area contributed by atoms with Crippen LogP contribution in [0.15, 0.2) is 46.9 Å². The van der Waals surface area contributed by atoms with Gasteiger partial charge in [-0.05, 0) is 36.8 Å². The minimum atomic E-state index is -0.0855. The van der Waals surface area contributed by atoms with E-state index in [-0.39, 0.29) is 5.91 Å². The second kappa shape index (κ2) is 7.22. The van der Waals surface area contributed by atoms with Gasteiger partial charge < -0.3 is 10.2 Å². The summed E-state index contributed by atoms with van der Waals surface area (Å²) in [6, 6.07) is 13.4. The second-order valence-electron chi connectivity index (χ2n) is 4.73. The molecule has 1 heterocycles. The van der Waals surface area contributed by atoms with E-state index in [2.05, 4.69) is 26.2 Å². The van der Waals surface area contributed by atoms with Crippen LogP contribution in [0.3, 0.4) is 0 Å². The molecule has 0 aliphatic rings. The van der Waals surface area contributed by atoms with Crippen LogP contribution < -0.4 is 5.32 Å². The Bertz CT molecular complexity index is 613. The van der Waals surface area contributed by atoms with E-state index in [1.807, 2.05) is 43.3 Å². The maximum Gasteiger partial charge on any atom is 0.272 e. The number of anilines is 1. The highest BCUT2D eigenvalue weighted by molar-refractivity contribution is 9.10. The zero-order valence-corrected chi connectivity index (χ0v) is 13.7. The van der Waals surface area contributed by atoms with Gasteiger partial charge in [0.15, 0.2) is 0 Å². The van der Waals surface area contributed by atoms with E-state index in [9.17, 15) is 4.79 Å². The van der Waals surface area contributed by atoms with Crippen molar-refractivity contribution >= 4 is 27.7 Å². The number of nitrogens with one attached hydrogen (secondary N) is 1. The first-order valence-electron chi connectivity index (χ1n) is 6.81. The lowest BCUT2D eigenvalue weighted by molar-refractivity contribution is 0.0779. The van der Waals surface area contributed by atoms with Gasteiger partial charge in [0.25, 0.3) is 5.91 Å². The number of carbonyl (C=O) groups is 1. The van der Waals surface area contributed by atoms with E-state index >= 15 is 0 Å². The number of hydrogen-bond acceptors (Lipinski definition) is 3. The lowest BCUT2D eigenvalue weighted by Gasteiger charge is -2.17. The fraction of sp³-hybridized carbons (Fsp3) is 0.250. The number of amides is 1. The molecule has 0 fully saturated rings. The maximum absolute atomic E-state index is 12.4. The van der Waals surface area contributed by atoms with E-state index in [0.29, 0.717) is 12.2 Å². The Morgan fingerprint density at radius 2 is 1.95 bits per heavy atom. The molecule has 2 aromatic rings. The molecular formula is C16H18BrN3O. The van der Waals surface area contributed by atoms with Crippen LogP contribution in [0.5, 0.6) is 0 Å². The molecule has 2 rings (SSSR count). The van der Waals surface area contributed by atoms with Crippen molar-refractivity contribution in [1.82, 2.24) is 9.88 Å². The van der Waals surface area contributed by atoms with Gasteiger partial charge >= 0.3 is 0 Å². The molecule has 0 aliphatic carbocycles. The Labute approximate surface area is 133 Å². The molecule has 1 amide bonds. The zero-order valence-electron chi connectivity index (χ0n) is 12.1. The largest absolute Gasteiger partial charge is 0.370 e. The molecule has 0 saturated carbocycles. The highest BCUT2D eigenvalue weighted by Gasteiger charge is 2.13. The first-order valence-corrected chi connectivity index (χ1v) is 7.60. The fourth-order valence-electron chi connectivity index (χ4n) is 1.96. The van der Waals surface area contributed by atoms with Crippen LogP contribution in [-0.2, 0) is 6.54 Å². The highest BCUT2D eigenvalue weighted by Crippen LogP contribution is 2.13. The van der Waals surface area contributed by atoms with Crippen molar-refractivity contribution < 1.29 is 4.79 Å². The van der Waals surface area contributed by atoms with Crippen LogP contribution in [0.4, 0.5) is 5.82 Å². The molecule has 21 heavy (non-hydrogen) atoms. The highest BCUT2D eigenvalue weighted by atomic mass is 79.9. The van der Waals surface area contributed by atoms with Gasteiger partial charge in [-0.3, -0.25) is 4.79 Å². The molecule has 1 aromatic carbocycles. The third-order valence-electron chi connectivity index (χ3n) is 3.01. The van der Waals surface area contributed by atoms with Gasteiger partial charge in [-0.2, -0.15) is 0 Å². The van der Waals surface area contributed by atoms with Gasteiger partial charge in [0.2, 0.25) is 0 Å².